The molecule has 0 atom stereocenters. The maximum atomic E-state index is 13.3. The molecule has 3 rings (SSSR count). The number of benzene rings is 2. The molecule has 90 valence electrons. The highest BCUT2D eigenvalue weighted by Crippen LogP contribution is 2.22. The van der Waals surface area contributed by atoms with E-state index in [1.807, 2.05) is 6.92 Å². The minimum absolute atomic E-state index is 0.307. The Balaban J connectivity index is 2.28. The molecule has 0 unspecified atom stereocenters. The highest BCUT2D eigenvalue weighted by Gasteiger charge is 2.09. The zero-order valence-corrected chi connectivity index (χ0v) is 9.69. The zero-order valence-electron chi connectivity index (χ0n) is 9.69. The van der Waals surface area contributed by atoms with Crippen LogP contribution < -0.4 is 0 Å². The van der Waals surface area contributed by atoms with Crippen molar-refractivity contribution >= 4 is 10.9 Å². The lowest BCUT2D eigenvalue weighted by Gasteiger charge is -2.03. The molecule has 1 heterocycles. The maximum Gasteiger partial charge on any atom is 0.125 e. The summed E-state index contributed by atoms with van der Waals surface area (Å²) in [5, 5.41) is 5.25. The first kappa shape index (κ1) is 10.9. The van der Waals surface area contributed by atoms with Crippen molar-refractivity contribution in [2.45, 2.75) is 6.92 Å². The van der Waals surface area contributed by atoms with Gasteiger partial charge in [0.25, 0.3) is 0 Å². The lowest BCUT2D eigenvalue weighted by atomic mass is 10.2. The van der Waals surface area contributed by atoms with Gasteiger partial charge in [0.2, 0.25) is 0 Å². The molecule has 0 aliphatic heterocycles. The summed E-state index contributed by atoms with van der Waals surface area (Å²) in [6.07, 6.45) is 0. The van der Waals surface area contributed by atoms with Gasteiger partial charge in [0.15, 0.2) is 0 Å². The number of aromatic nitrogens is 2. The van der Waals surface area contributed by atoms with Gasteiger partial charge in [-0.2, -0.15) is 5.10 Å². The molecular formula is C14H10F2N2. The van der Waals surface area contributed by atoms with Crippen molar-refractivity contribution in [3.05, 3.63) is 59.8 Å². The van der Waals surface area contributed by atoms with Crippen LogP contribution >= 0.6 is 0 Å². The van der Waals surface area contributed by atoms with Crippen LogP contribution in [0.25, 0.3) is 16.6 Å². The average molecular weight is 244 g/mol. The van der Waals surface area contributed by atoms with Gasteiger partial charge in [-0.3, -0.25) is 0 Å². The van der Waals surface area contributed by atoms with E-state index in [2.05, 4.69) is 5.10 Å². The number of fused-ring (bicyclic) bond motifs is 1. The minimum atomic E-state index is -0.314. The van der Waals surface area contributed by atoms with Gasteiger partial charge in [-0.1, -0.05) is 0 Å². The Labute approximate surface area is 102 Å². The third-order valence-corrected chi connectivity index (χ3v) is 2.90. The normalized spacial score (nSPS) is 11.1. The highest BCUT2D eigenvalue weighted by molar-refractivity contribution is 5.83. The third-order valence-electron chi connectivity index (χ3n) is 2.90. The standard InChI is InChI=1S/C14H10F2N2/c1-9-13-7-4-11(16)8-14(13)18(17-9)12-5-2-10(15)3-6-12/h2-8H,1H3. The molecule has 0 saturated carbocycles. The average Bonchev–Trinajstić information content (AvgIpc) is 2.67. The Kier molecular flexibility index (Phi) is 2.37. The van der Waals surface area contributed by atoms with Crippen LogP contribution in [-0.2, 0) is 0 Å². The van der Waals surface area contributed by atoms with Crippen molar-refractivity contribution in [2.75, 3.05) is 0 Å². The molecule has 0 amide bonds. The molecule has 2 nitrogen and oxygen atoms in total. The second-order valence-electron chi connectivity index (χ2n) is 4.14. The van der Waals surface area contributed by atoms with Gasteiger partial charge in [-0.15, -0.1) is 0 Å². The number of hydrogen-bond acceptors (Lipinski definition) is 1. The molecular weight excluding hydrogens is 234 g/mol. The Morgan fingerprint density at radius 2 is 1.61 bits per heavy atom. The largest absolute Gasteiger partial charge is 0.233 e. The topological polar surface area (TPSA) is 17.8 Å². The zero-order chi connectivity index (χ0) is 12.7. The molecule has 0 saturated heterocycles. The lowest BCUT2D eigenvalue weighted by Crippen LogP contribution is -1.96. The van der Waals surface area contributed by atoms with Crippen LogP contribution in [0.3, 0.4) is 0 Å². The Hall–Kier alpha value is -2.23. The number of hydrogen-bond donors (Lipinski definition) is 0. The van der Waals surface area contributed by atoms with E-state index < -0.39 is 0 Å². The predicted molar refractivity (Wildman–Crippen MR) is 65.7 cm³/mol. The van der Waals surface area contributed by atoms with E-state index in [-0.39, 0.29) is 11.6 Å². The summed E-state index contributed by atoms with van der Waals surface area (Å²) < 4.78 is 27.8. The molecule has 0 aliphatic rings. The molecule has 3 aromatic rings. The van der Waals surface area contributed by atoms with Gasteiger partial charge < -0.3 is 0 Å². The van der Waals surface area contributed by atoms with E-state index in [1.54, 1.807) is 22.9 Å². The number of rotatable bonds is 1. The van der Waals surface area contributed by atoms with E-state index in [0.717, 1.165) is 11.1 Å². The molecule has 2 aromatic carbocycles. The van der Waals surface area contributed by atoms with Crippen molar-refractivity contribution in [2.24, 2.45) is 0 Å². The van der Waals surface area contributed by atoms with Crippen molar-refractivity contribution < 1.29 is 8.78 Å². The van der Waals surface area contributed by atoms with Gasteiger partial charge in [-0.05, 0) is 43.3 Å². The molecule has 18 heavy (non-hydrogen) atoms. The van der Waals surface area contributed by atoms with E-state index in [1.165, 1.54) is 24.3 Å². The first-order valence-electron chi connectivity index (χ1n) is 5.56. The van der Waals surface area contributed by atoms with E-state index in [4.69, 9.17) is 0 Å². The van der Waals surface area contributed by atoms with Crippen LogP contribution in [0, 0.1) is 18.6 Å². The summed E-state index contributed by atoms with van der Waals surface area (Å²) in [5.74, 6) is -0.621. The Bertz CT molecular complexity index is 714. The summed E-state index contributed by atoms with van der Waals surface area (Å²) in [7, 11) is 0. The summed E-state index contributed by atoms with van der Waals surface area (Å²) in [5.41, 5.74) is 2.20. The van der Waals surface area contributed by atoms with Crippen LogP contribution in [0.1, 0.15) is 5.69 Å². The summed E-state index contributed by atoms with van der Waals surface area (Å²) in [4.78, 5) is 0. The van der Waals surface area contributed by atoms with Crippen molar-refractivity contribution in [3.8, 4) is 5.69 Å². The smallest absolute Gasteiger partial charge is 0.125 e. The maximum absolute atomic E-state index is 13.3. The van der Waals surface area contributed by atoms with E-state index in [0.29, 0.717) is 11.2 Å². The van der Waals surface area contributed by atoms with Gasteiger partial charge in [0.1, 0.15) is 11.6 Å². The fraction of sp³-hybridized carbons (Fsp3) is 0.0714. The number of aryl methyl sites for hydroxylation is 1. The minimum Gasteiger partial charge on any atom is -0.233 e. The summed E-state index contributed by atoms with van der Waals surface area (Å²) in [6, 6.07) is 10.5. The monoisotopic (exact) mass is 244 g/mol. The van der Waals surface area contributed by atoms with Crippen molar-refractivity contribution in [1.82, 2.24) is 9.78 Å². The fourth-order valence-electron chi connectivity index (χ4n) is 2.02. The van der Waals surface area contributed by atoms with Crippen LogP contribution in [0.2, 0.25) is 0 Å². The number of nitrogens with zero attached hydrogens (tertiary/aromatic N) is 2. The highest BCUT2D eigenvalue weighted by atomic mass is 19.1. The molecule has 4 heteroatoms. The molecule has 0 radical (unpaired) electrons. The predicted octanol–water partition coefficient (Wildman–Crippen LogP) is 3.61. The first-order chi connectivity index (χ1) is 8.65. The first-order valence-corrected chi connectivity index (χ1v) is 5.56. The molecule has 0 fully saturated rings. The third kappa shape index (κ3) is 1.66. The second-order valence-corrected chi connectivity index (χ2v) is 4.14. The lowest BCUT2D eigenvalue weighted by molar-refractivity contribution is 0.626. The molecule has 0 N–H and O–H groups in total. The number of halogens is 2. The van der Waals surface area contributed by atoms with Crippen LogP contribution in [0.4, 0.5) is 8.78 Å². The molecule has 0 bridgehead atoms. The van der Waals surface area contributed by atoms with Crippen LogP contribution in [-0.4, -0.2) is 9.78 Å². The van der Waals surface area contributed by atoms with Gasteiger partial charge in [0.05, 0.1) is 16.9 Å². The van der Waals surface area contributed by atoms with Gasteiger partial charge in [0, 0.05) is 11.5 Å². The molecule has 0 aliphatic carbocycles. The van der Waals surface area contributed by atoms with Crippen molar-refractivity contribution in [3.63, 3.8) is 0 Å². The van der Waals surface area contributed by atoms with E-state index >= 15 is 0 Å². The molecule has 0 spiro atoms. The van der Waals surface area contributed by atoms with Gasteiger partial charge >= 0.3 is 0 Å². The fourth-order valence-corrected chi connectivity index (χ4v) is 2.02. The molecule has 1 aromatic heterocycles. The Morgan fingerprint density at radius 1 is 0.944 bits per heavy atom. The van der Waals surface area contributed by atoms with Gasteiger partial charge in [-0.25, -0.2) is 13.5 Å². The quantitative estimate of drug-likeness (QED) is 0.639. The SMILES string of the molecule is Cc1nn(-c2ccc(F)cc2)c2cc(F)ccc12. The Morgan fingerprint density at radius 3 is 2.33 bits per heavy atom. The van der Waals surface area contributed by atoms with Crippen molar-refractivity contribution in [1.29, 1.82) is 0 Å². The second kappa shape index (κ2) is 3.91. The van der Waals surface area contributed by atoms with Crippen LogP contribution in [0.15, 0.2) is 42.5 Å². The van der Waals surface area contributed by atoms with Crippen LogP contribution in [0.5, 0.6) is 0 Å². The summed E-state index contributed by atoms with van der Waals surface area (Å²) in [6.45, 7) is 1.86. The summed E-state index contributed by atoms with van der Waals surface area (Å²) >= 11 is 0. The van der Waals surface area contributed by atoms with E-state index in [9.17, 15) is 8.78 Å².